The van der Waals surface area contributed by atoms with Gasteiger partial charge in [-0.1, -0.05) is 44.6 Å². The van der Waals surface area contributed by atoms with Crippen LogP contribution in [0.25, 0.3) is 0 Å². The second kappa shape index (κ2) is 14.6. The highest BCUT2D eigenvalue weighted by Gasteiger charge is 2.74. The van der Waals surface area contributed by atoms with Crippen LogP contribution < -0.4 is 10.5 Å². The normalized spacial score (nSPS) is 34.3. The lowest BCUT2D eigenvalue weighted by atomic mass is 9.45. The van der Waals surface area contributed by atoms with E-state index in [-0.39, 0.29) is 49.4 Å². The second-order valence-corrected chi connectivity index (χ2v) is 15.2. The predicted octanol–water partition coefficient (Wildman–Crippen LogP) is 3.79. The van der Waals surface area contributed by atoms with Gasteiger partial charge in [-0.25, -0.2) is 4.79 Å². The number of fused-ring (bicyclic) bond motifs is 5. The number of ketones is 2. The number of carbonyl (C=O) groups excluding carboxylic acids is 4. The number of hydrogen-bond donors (Lipinski definition) is 3. The maximum Gasteiger partial charge on any atom is 0.514 e. The third-order valence-corrected chi connectivity index (χ3v) is 12.8. The summed E-state index contributed by atoms with van der Waals surface area (Å²) in [6.07, 6.45) is 5.16. The van der Waals surface area contributed by atoms with Crippen LogP contribution in [0.15, 0.2) is 48.1 Å². The maximum atomic E-state index is 13.8. The minimum Gasteiger partial charge on any atom is -0.465 e. The van der Waals surface area contributed by atoms with Crippen molar-refractivity contribution < 1.29 is 53.5 Å². The molecule has 15 heteroatoms. The third-order valence-electron chi connectivity index (χ3n) is 11.8. The number of alkyl halides is 1. The Hall–Kier alpha value is -3.85. The lowest BCUT2D eigenvalue weighted by molar-refractivity contribution is -0.757. The molecule has 278 valence electrons. The van der Waals surface area contributed by atoms with Crippen LogP contribution in [0.2, 0.25) is 0 Å². The molecule has 4 aliphatic rings. The van der Waals surface area contributed by atoms with Gasteiger partial charge in [-0.3, -0.25) is 14.4 Å². The Kier molecular flexibility index (Phi) is 11.0. The van der Waals surface area contributed by atoms with E-state index in [4.69, 9.17) is 31.5 Å². The Morgan fingerprint density at radius 2 is 1.80 bits per heavy atom. The van der Waals surface area contributed by atoms with Gasteiger partial charge < -0.3 is 35.0 Å². The molecule has 0 bridgehead atoms. The van der Waals surface area contributed by atoms with Crippen molar-refractivity contribution in [2.45, 2.75) is 88.3 Å². The van der Waals surface area contributed by atoms with E-state index in [9.17, 15) is 39.5 Å². The standard InChI is InChI=1S/C36H45ClN2O12/c1-21-16-27-26-11-8-23-18-24(40)12-13-33(23,2)35(26,37)29(41)19-34(27,3)36(21,45)30(42)20-49-32(44)51-25-9-6-22(7-10-25)17-28(38)31(43)48-14-4-5-15-50-39(46)47/h6-7,9-10,12-13,18,21,26-29,41,45H,4-5,8,11,14-17,19-20,38H2,1-3H3/t21-,26?,27?,28?,29-,33-,34-,35-,36-/m0/s1. The first-order valence-electron chi connectivity index (χ1n) is 17.2. The largest absolute Gasteiger partial charge is 0.514 e. The predicted molar refractivity (Wildman–Crippen MR) is 181 cm³/mol. The number of nitrogens with two attached hydrogens (primary N) is 1. The van der Waals surface area contributed by atoms with Crippen molar-refractivity contribution in [1.82, 2.24) is 0 Å². The van der Waals surface area contributed by atoms with E-state index in [0.29, 0.717) is 37.7 Å². The molecule has 3 unspecified atom stereocenters. The molecule has 1 aromatic carbocycles. The maximum absolute atomic E-state index is 13.8. The molecule has 3 saturated carbocycles. The lowest BCUT2D eigenvalue weighted by Crippen LogP contribution is -2.69. The molecule has 3 fully saturated rings. The summed E-state index contributed by atoms with van der Waals surface area (Å²) in [5.74, 6) is -2.35. The van der Waals surface area contributed by atoms with Gasteiger partial charge in [-0.15, -0.1) is 21.7 Å². The minimum atomic E-state index is -1.92. The number of unbranched alkanes of at least 4 members (excludes halogenated alkanes) is 1. The molecule has 0 aliphatic heterocycles. The second-order valence-electron chi connectivity index (χ2n) is 14.6. The summed E-state index contributed by atoms with van der Waals surface area (Å²) in [5.41, 5.74) is 3.71. The molecular formula is C36H45ClN2O12. The molecule has 5 rings (SSSR count). The molecule has 0 radical (unpaired) electrons. The first-order valence-corrected chi connectivity index (χ1v) is 17.5. The van der Waals surface area contributed by atoms with Gasteiger partial charge in [0.1, 0.15) is 17.4 Å². The van der Waals surface area contributed by atoms with Crippen LogP contribution >= 0.6 is 11.6 Å². The molecule has 9 atom stereocenters. The van der Waals surface area contributed by atoms with Gasteiger partial charge in [0.05, 0.1) is 24.2 Å². The highest BCUT2D eigenvalue weighted by atomic mass is 35.5. The molecule has 0 aromatic heterocycles. The number of halogens is 1. The first-order chi connectivity index (χ1) is 24.0. The summed E-state index contributed by atoms with van der Waals surface area (Å²) in [5, 5.41) is 33.2. The Morgan fingerprint density at radius 1 is 1.12 bits per heavy atom. The molecular weight excluding hydrogens is 688 g/mol. The van der Waals surface area contributed by atoms with Crippen molar-refractivity contribution >= 4 is 35.3 Å². The van der Waals surface area contributed by atoms with Crippen molar-refractivity contribution in [2.24, 2.45) is 34.3 Å². The van der Waals surface area contributed by atoms with E-state index in [0.717, 1.165) is 5.57 Å². The first kappa shape index (κ1) is 38.4. The van der Waals surface area contributed by atoms with E-state index >= 15 is 0 Å². The summed E-state index contributed by atoms with van der Waals surface area (Å²) >= 11 is 7.45. The van der Waals surface area contributed by atoms with Crippen LogP contribution in [0.3, 0.4) is 0 Å². The van der Waals surface area contributed by atoms with Crippen LogP contribution in [-0.4, -0.2) is 81.4 Å². The van der Waals surface area contributed by atoms with Crippen LogP contribution in [0.1, 0.15) is 64.9 Å². The summed E-state index contributed by atoms with van der Waals surface area (Å²) in [4.78, 5) is 63.9. The smallest absolute Gasteiger partial charge is 0.465 e. The quantitative estimate of drug-likeness (QED) is 0.0658. The molecule has 51 heavy (non-hydrogen) atoms. The number of hydrogen-bond acceptors (Lipinski definition) is 13. The van der Waals surface area contributed by atoms with Crippen LogP contribution in [0.5, 0.6) is 5.75 Å². The minimum absolute atomic E-state index is 0.0362. The SMILES string of the molecule is C[C@H]1CC2C3CCC4=CC(=O)C=C[C@]4(C)[C@@]3(Cl)[C@@H](O)C[C@]2(C)[C@@]1(O)C(=O)COC(=O)Oc1ccc(CC(N)C(=O)OCCCCO[N+](=O)[O-])cc1. The monoisotopic (exact) mass is 732 g/mol. The number of aliphatic hydroxyl groups excluding tert-OH is 1. The third kappa shape index (κ3) is 6.90. The fourth-order valence-electron chi connectivity index (χ4n) is 9.15. The molecule has 0 spiro atoms. The van der Waals surface area contributed by atoms with Crippen molar-refractivity contribution in [3.8, 4) is 5.75 Å². The van der Waals surface area contributed by atoms with Gasteiger partial charge in [-0.05, 0) is 92.5 Å². The topological polar surface area (TPSA) is 215 Å². The molecule has 0 heterocycles. The number of carbonyl (C=O) groups is 4. The number of ether oxygens (including phenoxy) is 3. The summed E-state index contributed by atoms with van der Waals surface area (Å²) in [6, 6.07) is 5.15. The van der Waals surface area contributed by atoms with E-state index in [1.54, 1.807) is 38.1 Å². The van der Waals surface area contributed by atoms with E-state index in [2.05, 4.69) is 4.84 Å². The summed E-state index contributed by atoms with van der Waals surface area (Å²) in [6.45, 7) is 4.71. The number of esters is 1. The zero-order valence-electron chi connectivity index (χ0n) is 28.9. The lowest BCUT2D eigenvalue weighted by Gasteiger charge is -2.63. The number of benzene rings is 1. The highest BCUT2D eigenvalue weighted by Crippen LogP contribution is 2.71. The van der Waals surface area contributed by atoms with Crippen LogP contribution in [0.4, 0.5) is 4.79 Å². The fourth-order valence-corrected chi connectivity index (χ4v) is 9.68. The summed E-state index contributed by atoms with van der Waals surface area (Å²) in [7, 11) is 0. The molecule has 1 aromatic rings. The summed E-state index contributed by atoms with van der Waals surface area (Å²) < 4.78 is 15.5. The number of nitrogens with zero attached hydrogens (tertiary/aromatic N) is 1. The highest BCUT2D eigenvalue weighted by molar-refractivity contribution is 6.26. The van der Waals surface area contributed by atoms with Crippen molar-refractivity contribution in [2.75, 3.05) is 19.8 Å². The number of Topliss-reactive ketones (excluding diaryl/α,β-unsaturated/α-hetero) is 1. The van der Waals surface area contributed by atoms with Gasteiger partial charge in [0, 0.05) is 10.8 Å². The Morgan fingerprint density at radius 3 is 2.49 bits per heavy atom. The van der Waals surface area contributed by atoms with E-state index in [1.807, 2.05) is 6.92 Å². The van der Waals surface area contributed by atoms with E-state index in [1.165, 1.54) is 18.2 Å². The average Bonchev–Trinajstić information content (AvgIpc) is 3.28. The van der Waals surface area contributed by atoms with Gasteiger partial charge >= 0.3 is 12.1 Å². The van der Waals surface area contributed by atoms with Gasteiger partial charge in [0.25, 0.3) is 5.09 Å². The van der Waals surface area contributed by atoms with Crippen LogP contribution in [0, 0.1) is 38.7 Å². The number of allylic oxidation sites excluding steroid dienone is 4. The zero-order chi connectivity index (χ0) is 37.4. The van der Waals surface area contributed by atoms with Crippen LogP contribution in [-0.2, 0) is 35.1 Å². The molecule has 14 nitrogen and oxygen atoms in total. The van der Waals surface area contributed by atoms with E-state index < -0.39 is 69.0 Å². The Bertz CT molecular complexity index is 1610. The fraction of sp³-hybridized carbons (Fsp3) is 0.611. The van der Waals surface area contributed by atoms with Crippen molar-refractivity contribution in [3.63, 3.8) is 0 Å². The molecule has 0 amide bonds. The average molecular weight is 733 g/mol. The zero-order valence-corrected chi connectivity index (χ0v) is 29.6. The molecule has 4 N–H and O–H groups in total. The van der Waals surface area contributed by atoms with Crippen molar-refractivity contribution in [1.29, 1.82) is 0 Å². The van der Waals surface area contributed by atoms with Gasteiger partial charge in [-0.2, -0.15) is 0 Å². The molecule has 4 aliphatic carbocycles. The molecule has 0 saturated heterocycles. The Labute approximate surface area is 300 Å². The number of aliphatic hydroxyl groups is 2. The van der Waals surface area contributed by atoms with Gasteiger partial charge in [0.15, 0.2) is 12.4 Å². The number of rotatable bonds is 13. The van der Waals surface area contributed by atoms with Gasteiger partial charge in [0.2, 0.25) is 5.78 Å². The van der Waals surface area contributed by atoms with Crippen molar-refractivity contribution in [3.05, 3.63) is 63.7 Å². The Balaban J connectivity index is 1.15.